The highest BCUT2D eigenvalue weighted by molar-refractivity contribution is 9.10. The van der Waals surface area contributed by atoms with Gasteiger partial charge in [0.25, 0.3) is 10.0 Å². The van der Waals surface area contributed by atoms with Gasteiger partial charge < -0.3 is 10.2 Å². The lowest BCUT2D eigenvalue weighted by atomic mass is 10.0. The number of aryl methyl sites for hydroxylation is 2. The minimum atomic E-state index is -4.14. The molecule has 0 unspecified atom stereocenters. The Morgan fingerprint density at radius 3 is 2.02 bits per heavy atom. The SMILES string of the molecule is Cc1ccc(N(CC(=O)N(Cc2ccc(Br)cc2)[C@@H](Cc2ccccc2)C(=O)NCC(C)C)S(=O)(=O)c2ccccc2)cc1C. The third-order valence-electron chi connectivity index (χ3n) is 7.61. The Kier molecular flexibility index (Phi) is 11.6. The molecule has 1 N–H and O–H groups in total. The van der Waals surface area contributed by atoms with Crippen LogP contribution in [0.1, 0.15) is 36.1 Å². The Morgan fingerprint density at radius 1 is 0.800 bits per heavy atom. The first kappa shape index (κ1) is 33.9. The molecule has 0 saturated heterocycles. The Hall–Kier alpha value is -3.95. The molecule has 4 aromatic rings. The number of sulfonamides is 1. The summed E-state index contributed by atoms with van der Waals surface area (Å²) in [7, 11) is -4.14. The number of nitrogens with one attached hydrogen (secondary N) is 1. The van der Waals surface area contributed by atoms with Crippen LogP contribution in [0, 0.1) is 19.8 Å². The molecule has 9 heteroatoms. The van der Waals surface area contributed by atoms with Crippen LogP contribution < -0.4 is 9.62 Å². The molecular formula is C36H40BrN3O4S. The van der Waals surface area contributed by atoms with Crippen LogP contribution in [0.4, 0.5) is 5.69 Å². The minimum Gasteiger partial charge on any atom is -0.354 e. The first-order valence-corrected chi connectivity index (χ1v) is 17.2. The average molecular weight is 691 g/mol. The molecule has 0 aliphatic rings. The highest BCUT2D eigenvalue weighted by Crippen LogP contribution is 2.27. The molecule has 236 valence electrons. The third-order valence-corrected chi connectivity index (χ3v) is 9.93. The molecule has 4 rings (SSSR count). The standard InChI is InChI=1S/C36H40BrN3O4S/c1-26(2)23-38-36(42)34(22-29-11-7-5-8-12-29)39(24-30-16-18-31(37)19-17-30)35(41)25-40(32-20-15-27(3)28(4)21-32)45(43,44)33-13-9-6-10-14-33/h5-21,26,34H,22-25H2,1-4H3,(H,38,42)/t34-/m0/s1. The molecule has 0 aliphatic heterocycles. The molecular weight excluding hydrogens is 650 g/mol. The van der Waals surface area contributed by atoms with Crippen molar-refractivity contribution >= 4 is 43.5 Å². The van der Waals surface area contributed by atoms with Gasteiger partial charge in [-0.15, -0.1) is 0 Å². The van der Waals surface area contributed by atoms with Crippen molar-refractivity contribution in [3.8, 4) is 0 Å². The van der Waals surface area contributed by atoms with Crippen molar-refractivity contribution in [2.45, 2.75) is 51.6 Å². The van der Waals surface area contributed by atoms with Gasteiger partial charge in [0.1, 0.15) is 12.6 Å². The lowest BCUT2D eigenvalue weighted by Crippen LogP contribution is -2.53. The van der Waals surface area contributed by atoms with E-state index in [2.05, 4.69) is 21.2 Å². The van der Waals surface area contributed by atoms with Crippen LogP contribution in [0.25, 0.3) is 0 Å². The van der Waals surface area contributed by atoms with Crippen molar-refractivity contribution in [1.29, 1.82) is 0 Å². The van der Waals surface area contributed by atoms with E-state index < -0.39 is 28.5 Å². The largest absolute Gasteiger partial charge is 0.354 e. The lowest BCUT2D eigenvalue weighted by Gasteiger charge is -2.34. The highest BCUT2D eigenvalue weighted by atomic mass is 79.9. The molecule has 0 aromatic heterocycles. The monoisotopic (exact) mass is 689 g/mol. The summed E-state index contributed by atoms with van der Waals surface area (Å²) < 4.78 is 30.3. The molecule has 7 nitrogen and oxygen atoms in total. The number of rotatable bonds is 13. The van der Waals surface area contributed by atoms with Crippen molar-refractivity contribution in [1.82, 2.24) is 10.2 Å². The maximum Gasteiger partial charge on any atom is 0.264 e. The maximum atomic E-state index is 14.5. The minimum absolute atomic E-state index is 0.0750. The fourth-order valence-electron chi connectivity index (χ4n) is 4.89. The Bertz CT molecular complexity index is 1700. The second-order valence-corrected chi connectivity index (χ2v) is 14.4. The normalized spacial score (nSPS) is 12.0. The third kappa shape index (κ3) is 9.05. The van der Waals surface area contributed by atoms with Crippen molar-refractivity contribution in [3.05, 3.63) is 130 Å². The van der Waals surface area contributed by atoms with Gasteiger partial charge in [-0.05, 0) is 78.4 Å². The van der Waals surface area contributed by atoms with Crippen LogP contribution >= 0.6 is 15.9 Å². The number of hydrogen-bond acceptors (Lipinski definition) is 4. The smallest absolute Gasteiger partial charge is 0.264 e. The number of carbonyl (C=O) groups excluding carboxylic acids is 2. The summed E-state index contributed by atoms with van der Waals surface area (Å²) in [5.41, 5.74) is 3.98. The van der Waals surface area contributed by atoms with E-state index >= 15 is 0 Å². The van der Waals surface area contributed by atoms with Crippen molar-refractivity contribution in [2.24, 2.45) is 5.92 Å². The second kappa shape index (κ2) is 15.4. The topological polar surface area (TPSA) is 86.8 Å². The second-order valence-electron chi connectivity index (χ2n) is 11.6. The predicted octanol–water partition coefficient (Wildman–Crippen LogP) is 6.67. The van der Waals surface area contributed by atoms with Gasteiger partial charge in [0, 0.05) is 24.0 Å². The summed E-state index contributed by atoms with van der Waals surface area (Å²) in [5.74, 6) is -0.573. The average Bonchev–Trinajstić information content (AvgIpc) is 3.03. The molecule has 0 spiro atoms. The predicted molar refractivity (Wildman–Crippen MR) is 183 cm³/mol. The van der Waals surface area contributed by atoms with E-state index in [0.29, 0.717) is 12.2 Å². The highest BCUT2D eigenvalue weighted by Gasteiger charge is 2.34. The molecule has 1 atom stereocenters. The number of carbonyl (C=O) groups is 2. The molecule has 0 radical (unpaired) electrons. The summed E-state index contributed by atoms with van der Waals surface area (Å²) in [4.78, 5) is 30.0. The molecule has 0 bridgehead atoms. The van der Waals surface area contributed by atoms with Crippen LogP contribution in [0.15, 0.2) is 112 Å². The van der Waals surface area contributed by atoms with E-state index in [0.717, 1.165) is 31.0 Å². The molecule has 4 aromatic carbocycles. The number of halogens is 1. The zero-order chi connectivity index (χ0) is 32.6. The van der Waals surface area contributed by atoms with Gasteiger partial charge in [-0.3, -0.25) is 13.9 Å². The van der Waals surface area contributed by atoms with Gasteiger partial charge in [-0.1, -0.05) is 96.5 Å². The molecule has 0 fully saturated rings. The van der Waals surface area contributed by atoms with Gasteiger partial charge in [0.15, 0.2) is 0 Å². The van der Waals surface area contributed by atoms with E-state index in [4.69, 9.17) is 0 Å². The van der Waals surface area contributed by atoms with Crippen LogP contribution in [0.2, 0.25) is 0 Å². The molecule has 0 aliphatic carbocycles. The first-order valence-electron chi connectivity index (χ1n) is 15.0. The van der Waals surface area contributed by atoms with E-state index in [1.54, 1.807) is 30.3 Å². The summed E-state index contributed by atoms with van der Waals surface area (Å²) in [6.45, 7) is 7.94. The first-order chi connectivity index (χ1) is 21.5. The molecule has 0 heterocycles. The van der Waals surface area contributed by atoms with Gasteiger partial charge in [-0.25, -0.2) is 8.42 Å². The van der Waals surface area contributed by atoms with Crippen LogP contribution in [-0.4, -0.2) is 44.3 Å². The number of nitrogens with zero attached hydrogens (tertiary/aromatic N) is 2. The fraction of sp³-hybridized carbons (Fsp3) is 0.278. The Balaban J connectivity index is 1.80. The van der Waals surface area contributed by atoms with E-state index in [1.807, 2.05) is 88.4 Å². The lowest BCUT2D eigenvalue weighted by molar-refractivity contribution is -0.140. The van der Waals surface area contributed by atoms with Gasteiger partial charge in [0.2, 0.25) is 11.8 Å². The quantitative estimate of drug-likeness (QED) is 0.170. The maximum absolute atomic E-state index is 14.5. The van der Waals surface area contributed by atoms with Crippen molar-refractivity contribution < 1.29 is 18.0 Å². The summed E-state index contributed by atoms with van der Waals surface area (Å²) in [5, 5.41) is 3.02. The van der Waals surface area contributed by atoms with E-state index in [9.17, 15) is 18.0 Å². The van der Waals surface area contributed by atoms with Crippen molar-refractivity contribution in [3.63, 3.8) is 0 Å². The van der Waals surface area contributed by atoms with Crippen LogP contribution in [0.3, 0.4) is 0 Å². The summed E-state index contributed by atoms with van der Waals surface area (Å²) >= 11 is 3.47. The van der Waals surface area contributed by atoms with Crippen molar-refractivity contribution in [2.75, 3.05) is 17.4 Å². The van der Waals surface area contributed by atoms with Gasteiger partial charge >= 0.3 is 0 Å². The van der Waals surface area contributed by atoms with Crippen LogP contribution in [-0.2, 0) is 32.6 Å². The van der Waals surface area contributed by atoms with Gasteiger partial charge in [0.05, 0.1) is 10.6 Å². The number of anilines is 1. The number of benzene rings is 4. The molecule has 2 amide bonds. The number of hydrogen-bond donors (Lipinski definition) is 1. The fourth-order valence-corrected chi connectivity index (χ4v) is 6.58. The van der Waals surface area contributed by atoms with Gasteiger partial charge in [-0.2, -0.15) is 0 Å². The van der Waals surface area contributed by atoms with Crippen LogP contribution in [0.5, 0.6) is 0 Å². The zero-order valence-electron chi connectivity index (χ0n) is 26.1. The summed E-state index contributed by atoms with van der Waals surface area (Å²) in [6.07, 6.45) is 0.266. The Morgan fingerprint density at radius 2 is 1.42 bits per heavy atom. The molecule has 45 heavy (non-hydrogen) atoms. The summed E-state index contributed by atoms with van der Waals surface area (Å²) in [6, 6.07) is 29.6. The van der Waals surface area contributed by atoms with E-state index in [-0.39, 0.29) is 29.7 Å². The Labute approximate surface area is 275 Å². The van der Waals surface area contributed by atoms with E-state index in [1.165, 1.54) is 17.0 Å². The number of amides is 2. The molecule has 0 saturated carbocycles. The zero-order valence-corrected chi connectivity index (χ0v) is 28.5.